The van der Waals surface area contributed by atoms with Crippen molar-refractivity contribution in [2.75, 3.05) is 6.54 Å². The number of hydrogen-bond donors (Lipinski definition) is 2. The zero-order valence-corrected chi connectivity index (χ0v) is 9.92. The van der Waals surface area contributed by atoms with Gasteiger partial charge in [0.2, 0.25) is 5.70 Å². The Balaban J connectivity index is 3.22. The van der Waals surface area contributed by atoms with Gasteiger partial charge in [0.05, 0.1) is 16.4 Å². The number of carboxylic acids is 1. The molecule has 1 heterocycles. The van der Waals surface area contributed by atoms with Crippen LogP contribution in [-0.2, 0) is 4.79 Å². The zero-order valence-electron chi connectivity index (χ0n) is 8.35. The summed E-state index contributed by atoms with van der Waals surface area (Å²) in [5.74, 6) is -1.82. The van der Waals surface area contributed by atoms with Gasteiger partial charge in [-0.05, 0) is 18.4 Å². The van der Waals surface area contributed by atoms with Crippen LogP contribution in [0.2, 0.25) is 5.02 Å². The number of aliphatic hydroxyl groups excluding tert-OH is 1. The number of aliphatic hydroxyl groups is 1. The van der Waals surface area contributed by atoms with Crippen molar-refractivity contribution in [1.82, 2.24) is 0 Å². The molecule has 7 heteroatoms. The predicted molar refractivity (Wildman–Crippen MR) is 61.9 cm³/mol. The van der Waals surface area contributed by atoms with Crippen LogP contribution in [0, 0.1) is 0 Å². The molecule has 16 heavy (non-hydrogen) atoms. The Kier molecular flexibility index (Phi) is 4.45. The number of aliphatic carboxylic acids is 1. The quantitative estimate of drug-likeness (QED) is 0.495. The molecule has 0 amide bonds. The molecular weight excluding hydrogens is 252 g/mol. The lowest BCUT2D eigenvalue weighted by Gasteiger charge is -1.99. The zero-order chi connectivity index (χ0) is 12.1. The molecule has 0 aliphatic carbocycles. The van der Waals surface area contributed by atoms with E-state index in [9.17, 15) is 9.90 Å². The number of rotatable bonds is 4. The van der Waals surface area contributed by atoms with E-state index in [4.69, 9.17) is 16.7 Å². The van der Waals surface area contributed by atoms with Gasteiger partial charge in [0.1, 0.15) is 0 Å². The van der Waals surface area contributed by atoms with Gasteiger partial charge in [0.15, 0.2) is 5.76 Å². The van der Waals surface area contributed by atoms with Crippen molar-refractivity contribution in [3.05, 3.63) is 27.0 Å². The normalized spacial score (nSPS) is 12.9. The van der Waals surface area contributed by atoms with E-state index in [1.807, 2.05) is 0 Å². The van der Waals surface area contributed by atoms with Crippen LogP contribution >= 0.6 is 22.9 Å². The Morgan fingerprint density at radius 1 is 1.56 bits per heavy atom. The SMILES string of the molecule is CCN=NC(C(=O)O)=C(O)c1sccc1Cl. The third-order valence-corrected chi connectivity index (χ3v) is 2.92. The summed E-state index contributed by atoms with van der Waals surface area (Å²) in [5.41, 5.74) is -0.508. The largest absolute Gasteiger partial charge is 0.504 e. The molecule has 1 aromatic heterocycles. The van der Waals surface area contributed by atoms with Gasteiger partial charge in [-0.3, -0.25) is 0 Å². The van der Waals surface area contributed by atoms with Crippen LogP contribution in [0.5, 0.6) is 0 Å². The van der Waals surface area contributed by atoms with Crippen molar-refractivity contribution >= 4 is 34.7 Å². The number of hydrogen-bond acceptors (Lipinski definition) is 5. The van der Waals surface area contributed by atoms with Crippen molar-refractivity contribution in [3.8, 4) is 0 Å². The number of carbonyl (C=O) groups is 1. The van der Waals surface area contributed by atoms with Gasteiger partial charge < -0.3 is 10.2 Å². The van der Waals surface area contributed by atoms with E-state index in [-0.39, 0.29) is 9.90 Å². The minimum absolute atomic E-state index is 0.272. The predicted octanol–water partition coefficient (Wildman–Crippen LogP) is 3.18. The van der Waals surface area contributed by atoms with Crippen molar-refractivity contribution in [2.45, 2.75) is 6.92 Å². The van der Waals surface area contributed by atoms with Gasteiger partial charge in [-0.2, -0.15) is 5.11 Å². The molecule has 86 valence electrons. The topological polar surface area (TPSA) is 82.2 Å². The highest BCUT2D eigenvalue weighted by atomic mass is 35.5. The van der Waals surface area contributed by atoms with Crippen molar-refractivity contribution in [1.29, 1.82) is 0 Å². The minimum Gasteiger partial charge on any atom is -0.504 e. The molecule has 2 N–H and O–H groups in total. The van der Waals surface area contributed by atoms with Gasteiger partial charge in [0, 0.05) is 0 Å². The average Bonchev–Trinajstić information content (AvgIpc) is 2.64. The van der Waals surface area contributed by atoms with Gasteiger partial charge in [-0.1, -0.05) is 11.6 Å². The summed E-state index contributed by atoms with van der Waals surface area (Å²) in [6.45, 7) is 2.04. The first-order chi connectivity index (χ1) is 7.57. The maximum absolute atomic E-state index is 10.8. The molecule has 0 radical (unpaired) electrons. The fourth-order valence-electron chi connectivity index (χ4n) is 0.903. The Morgan fingerprint density at radius 2 is 2.25 bits per heavy atom. The lowest BCUT2D eigenvalue weighted by atomic mass is 10.3. The van der Waals surface area contributed by atoms with Gasteiger partial charge in [-0.25, -0.2) is 4.79 Å². The van der Waals surface area contributed by atoms with E-state index in [0.29, 0.717) is 6.54 Å². The summed E-state index contributed by atoms with van der Waals surface area (Å²) >= 11 is 6.90. The fourth-order valence-corrected chi connectivity index (χ4v) is 1.99. The van der Waals surface area contributed by atoms with Gasteiger partial charge >= 0.3 is 5.97 Å². The first-order valence-electron chi connectivity index (χ1n) is 4.35. The van der Waals surface area contributed by atoms with Crippen molar-refractivity contribution in [2.24, 2.45) is 10.2 Å². The monoisotopic (exact) mass is 260 g/mol. The highest BCUT2D eigenvalue weighted by Crippen LogP contribution is 2.30. The third kappa shape index (κ3) is 2.80. The molecule has 0 spiro atoms. The average molecular weight is 261 g/mol. The summed E-state index contributed by atoms with van der Waals surface area (Å²) < 4.78 is 0. The summed E-state index contributed by atoms with van der Waals surface area (Å²) in [7, 11) is 0. The van der Waals surface area contributed by atoms with Crippen molar-refractivity contribution < 1.29 is 15.0 Å². The smallest absolute Gasteiger partial charge is 0.360 e. The molecule has 5 nitrogen and oxygen atoms in total. The van der Waals surface area contributed by atoms with E-state index in [1.54, 1.807) is 18.4 Å². The van der Waals surface area contributed by atoms with E-state index in [2.05, 4.69) is 10.2 Å². The first kappa shape index (κ1) is 12.7. The summed E-state index contributed by atoms with van der Waals surface area (Å²) in [6, 6.07) is 1.56. The van der Waals surface area contributed by atoms with E-state index in [0.717, 1.165) is 11.3 Å². The van der Waals surface area contributed by atoms with Crippen LogP contribution in [0.1, 0.15) is 11.8 Å². The Bertz CT molecular complexity index is 453. The van der Waals surface area contributed by atoms with Crippen LogP contribution in [0.4, 0.5) is 0 Å². The van der Waals surface area contributed by atoms with E-state index >= 15 is 0 Å². The van der Waals surface area contributed by atoms with Crippen LogP contribution in [-0.4, -0.2) is 22.7 Å². The standard InChI is InChI=1S/C9H9ClN2O3S/c1-2-11-12-6(9(14)15)7(13)8-5(10)3-4-16-8/h3-4,13H,2H2,1H3,(H,14,15). The number of nitrogens with zero attached hydrogens (tertiary/aromatic N) is 2. The first-order valence-corrected chi connectivity index (χ1v) is 5.61. The second-order valence-electron chi connectivity index (χ2n) is 2.66. The Labute approximate surface area is 101 Å². The number of thiophene rings is 1. The molecule has 0 atom stereocenters. The van der Waals surface area contributed by atoms with Crippen LogP contribution in [0.3, 0.4) is 0 Å². The third-order valence-electron chi connectivity index (χ3n) is 1.57. The van der Waals surface area contributed by atoms with Crippen LogP contribution < -0.4 is 0 Å². The maximum atomic E-state index is 10.8. The molecular formula is C9H9ClN2O3S. The molecule has 0 unspecified atom stereocenters. The van der Waals surface area contributed by atoms with Gasteiger partial charge in [-0.15, -0.1) is 16.5 Å². The molecule has 0 saturated heterocycles. The molecule has 0 bridgehead atoms. The number of carboxylic acid groups (broad SMARTS) is 1. The lowest BCUT2D eigenvalue weighted by molar-refractivity contribution is -0.132. The van der Waals surface area contributed by atoms with E-state index < -0.39 is 17.4 Å². The van der Waals surface area contributed by atoms with Crippen LogP contribution in [0.25, 0.3) is 5.76 Å². The number of halogens is 1. The molecule has 0 fully saturated rings. The van der Waals surface area contributed by atoms with Crippen LogP contribution in [0.15, 0.2) is 27.4 Å². The summed E-state index contributed by atoms with van der Waals surface area (Å²) in [5, 5.41) is 27.5. The van der Waals surface area contributed by atoms with E-state index in [1.165, 1.54) is 0 Å². The second kappa shape index (κ2) is 5.62. The molecule has 0 aliphatic rings. The van der Waals surface area contributed by atoms with Crippen molar-refractivity contribution in [3.63, 3.8) is 0 Å². The molecule has 0 saturated carbocycles. The maximum Gasteiger partial charge on any atom is 0.360 e. The fraction of sp³-hybridized carbons (Fsp3) is 0.222. The molecule has 0 aromatic carbocycles. The highest BCUT2D eigenvalue weighted by molar-refractivity contribution is 7.11. The Hall–Kier alpha value is -1.40. The summed E-state index contributed by atoms with van der Waals surface area (Å²) in [4.78, 5) is 11.1. The number of azo groups is 1. The molecule has 0 aliphatic heterocycles. The van der Waals surface area contributed by atoms with Gasteiger partial charge in [0.25, 0.3) is 0 Å². The highest BCUT2D eigenvalue weighted by Gasteiger charge is 2.18. The minimum atomic E-state index is -1.35. The lowest BCUT2D eigenvalue weighted by Crippen LogP contribution is -2.01. The molecule has 1 rings (SSSR count). The Morgan fingerprint density at radius 3 is 2.69 bits per heavy atom. The molecule has 1 aromatic rings. The second-order valence-corrected chi connectivity index (χ2v) is 3.98. The summed E-state index contributed by atoms with van der Waals surface area (Å²) in [6.07, 6.45) is 0.